The fourth-order valence-electron chi connectivity index (χ4n) is 2.95. The molecule has 0 bridgehead atoms. The molecule has 0 unspecified atom stereocenters. The number of hydrogen-bond acceptors (Lipinski definition) is 5. The van der Waals surface area contributed by atoms with Gasteiger partial charge in [0.1, 0.15) is 17.1 Å². The van der Waals surface area contributed by atoms with E-state index in [0.29, 0.717) is 29.1 Å². The van der Waals surface area contributed by atoms with E-state index in [1.165, 1.54) is 6.92 Å². The van der Waals surface area contributed by atoms with E-state index in [1.807, 2.05) is 37.3 Å². The largest absolute Gasteiger partial charge is 0.366 e. The van der Waals surface area contributed by atoms with Crippen molar-refractivity contribution in [1.82, 2.24) is 9.66 Å². The molecule has 1 heterocycles. The van der Waals surface area contributed by atoms with Gasteiger partial charge in [-0.25, -0.2) is 9.66 Å². The zero-order valence-corrected chi connectivity index (χ0v) is 15.6. The smallest absolute Gasteiger partial charge is 0.291 e. The number of amides is 1. The van der Waals surface area contributed by atoms with E-state index < -0.39 is 11.5 Å². The third-order valence-electron chi connectivity index (χ3n) is 4.29. The topological polar surface area (TPSA) is 107 Å². The van der Waals surface area contributed by atoms with Crippen molar-refractivity contribution in [2.75, 3.05) is 5.43 Å². The Hall–Kier alpha value is -3.74. The number of anilines is 1. The van der Waals surface area contributed by atoms with Crippen LogP contribution in [-0.2, 0) is 6.42 Å². The second-order valence-corrected chi connectivity index (χ2v) is 6.19. The van der Waals surface area contributed by atoms with Gasteiger partial charge in [-0.05, 0) is 18.6 Å². The van der Waals surface area contributed by atoms with Gasteiger partial charge < -0.3 is 5.73 Å². The molecule has 7 heteroatoms. The number of nitrogens with zero attached hydrogens (tertiary/aromatic N) is 2. The van der Waals surface area contributed by atoms with Crippen LogP contribution in [0.25, 0.3) is 11.3 Å². The minimum atomic E-state index is -0.645. The first-order valence-corrected chi connectivity index (χ1v) is 8.82. The third-order valence-corrected chi connectivity index (χ3v) is 4.29. The molecule has 0 aliphatic carbocycles. The summed E-state index contributed by atoms with van der Waals surface area (Å²) < 4.78 is 1.15. The Kier molecular flexibility index (Phi) is 5.35. The summed E-state index contributed by atoms with van der Waals surface area (Å²) in [7, 11) is 0. The van der Waals surface area contributed by atoms with Crippen molar-refractivity contribution in [3.05, 3.63) is 81.9 Å². The lowest BCUT2D eigenvalue weighted by molar-refractivity contribution is 0.0996. The first-order chi connectivity index (χ1) is 13.4. The lowest BCUT2D eigenvalue weighted by Gasteiger charge is -2.19. The molecule has 3 N–H and O–H groups in total. The van der Waals surface area contributed by atoms with E-state index in [1.54, 1.807) is 24.3 Å². The van der Waals surface area contributed by atoms with E-state index in [9.17, 15) is 14.4 Å². The molecule has 0 aliphatic heterocycles. The normalized spacial score (nSPS) is 10.5. The van der Waals surface area contributed by atoms with Gasteiger partial charge in [0.05, 0.1) is 11.3 Å². The molecule has 142 valence electrons. The molecule has 0 spiro atoms. The molecule has 28 heavy (non-hydrogen) atoms. The van der Waals surface area contributed by atoms with E-state index in [4.69, 9.17) is 5.73 Å². The second-order valence-electron chi connectivity index (χ2n) is 6.19. The molecule has 0 atom stereocenters. The van der Waals surface area contributed by atoms with E-state index in [0.717, 1.165) is 4.68 Å². The van der Waals surface area contributed by atoms with Gasteiger partial charge in [-0.3, -0.25) is 19.8 Å². The number of Topliss-reactive ketones (excluding diaryl/α,β-unsaturated/α-hetero) is 1. The number of nitrogens with one attached hydrogen (secondary N) is 1. The van der Waals surface area contributed by atoms with Crippen molar-refractivity contribution >= 4 is 17.4 Å². The monoisotopic (exact) mass is 376 g/mol. The summed E-state index contributed by atoms with van der Waals surface area (Å²) in [6.07, 6.45) is 0.385. The number of hydrogen-bond donors (Lipinski definition) is 2. The molecule has 0 saturated heterocycles. The molecule has 0 saturated carbocycles. The number of benzene rings is 2. The fourth-order valence-corrected chi connectivity index (χ4v) is 2.95. The van der Waals surface area contributed by atoms with Crippen LogP contribution in [0.5, 0.6) is 0 Å². The van der Waals surface area contributed by atoms with Gasteiger partial charge in [0.15, 0.2) is 5.78 Å². The molecule has 3 rings (SSSR count). The third kappa shape index (κ3) is 3.55. The number of rotatable bonds is 6. The number of aromatic nitrogens is 2. The van der Waals surface area contributed by atoms with Crippen LogP contribution in [0, 0.1) is 0 Å². The number of nitrogens with two attached hydrogens (primary N) is 1. The lowest BCUT2D eigenvalue weighted by Crippen LogP contribution is -2.35. The summed E-state index contributed by atoms with van der Waals surface area (Å²) in [5.74, 6) is -0.983. The minimum absolute atomic E-state index is 0.104. The average Bonchev–Trinajstić information content (AvgIpc) is 2.69. The molecule has 0 fully saturated rings. The van der Waals surface area contributed by atoms with Crippen LogP contribution in [-0.4, -0.2) is 21.4 Å². The summed E-state index contributed by atoms with van der Waals surface area (Å²) in [6, 6.07) is 15.7. The number of ketones is 1. The Morgan fingerprint density at radius 3 is 2.32 bits per heavy atom. The SMILES string of the molecule is CCc1nc(-c2ccccc2)c(C(C)=O)n(Nc2ccccc2C(N)=O)c1=O. The number of primary amides is 1. The van der Waals surface area contributed by atoms with Crippen LogP contribution in [0.15, 0.2) is 59.4 Å². The Morgan fingerprint density at radius 1 is 1.07 bits per heavy atom. The van der Waals surface area contributed by atoms with E-state index >= 15 is 0 Å². The lowest BCUT2D eigenvalue weighted by atomic mass is 10.1. The molecule has 3 aromatic rings. The van der Waals surface area contributed by atoms with Gasteiger partial charge in [-0.2, -0.15) is 0 Å². The first-order valence-electron chi connectivity index (χ1n) is 8.82. The zero-order valence-electron chi connectivity index (χ0n) is 15.6. The molecule has 1 aromatic heterocycles. The van der Waals surface area contributed by atoms with Crippen LogP contribution in [0.4, 0.5) is 5.69 Å². The van der Waals surface area contributed by atoms with Crippen molar-refractivity contribution in [2.24, 2.45) is 5.73 Å². The maximum atomic E-state index is 13.0. The molecule has 1 amide bonds. The first kappa shape index (κ1) is 19.0. The van der Waals surface area contributed by atoms with Crippen molar-refractivity contribution in [3.63, 3.8) is 0 Å². The highest BCUT2D eigenvalue weighted by Gasteiger charge is 2.21. The predicted octanol–water partition coefficient (Wildman–Crippen LogP) is 2.65. The van der Waals surface area contributed by atoms with Crippen molar-refractivity contribution in [2.45, 2.75) is 20.3 Å². The number of carbonyl (C=O) groups excluding carboxylic acids is 2. The molecule has 2 aromatic carbocycles. The van der Waals surface area contributed by atoms with Crippen molar-refractivity contribution < 1.29 is 9.59 Å². The van der Waals surface area contributed by atoms with Gasteiger partial charge in [0, 0.05) is 12.5 Å². The number of carbonyl (C=O) groups is 2. The van der Waals surface area contributed by atoms with Gasteiger partial charge in [-0.1, -0.05) is 49.4 Å². The minimum Gasteiger partial charge on any atom is -0.366 e. The summed E-state index contributed by atoms with van der Waals surface area (Å²) in [5, 5.41) is 0. The highest BCUT2D eigenvalue weighted by Crippen LogP contribution is 2.22. The fraction of sp³-hybridized carbons (Fsp3) is 0.143. The van der Waals surface area contributed by atoms with Crippen molar-refractivity contribution in [3.8, 4) is 11.3 Å². The van der Waals surface area contributed by atoms with Gasteiger partial charge >= 0.3 is 0 Å². The Balaban J connectivity index is 2.30. The van der Waals surface area contributed by atoms with E-state index in [-0.39, 0.29) is 17.0 Å². The molecular weight excluding hydrogens is 356 g/mol. The van der Waals surface area contributed by atoms with Gasteiger partial charge in [0.25, 0.3) is 11.5 Å². The second kappa shape index (κ2) is 7.87. The number of aryl methyl sites for hydroxylation is 1. The number of para-hydroxylation sites is 1. The highest BCUT2D eigenvalue weighted by atomic mass is 16.2. The van der Waals surface area contributed by atoms with Gasteiger partial charge in [-0.15, -0.1) is 0 Å². The standard InChI is InChI=1S/C21H20N4O3/c1-3-16-21(28)25(24-17-12-8-7-11-15(17)20(22)27)19(13(2)26)18(23-16)14-9-5-4-6-10-14/h4-12,24H,3H2,1-2H3,(H2,22,27). The summed E-state index contributed by atoms with van der Waals surface area (Å²) >= 11 is 0. The summed E-state index contributed by atoms with van der Waals surface area (Å²) in [5.41, 5.74) is 9.93. The summed E-state index contributed by atoms with van der Waals surface area (Å²) in [6.45, 7) is 3.18. The van der Waals surface area contributed by atoms with Crippen LogP contribution in [0.2, 0.25) is 0 Å². The highest BCUT2D eigenvalue weighted by molar-refractivity contribution is 6.00. The average molecular weight is 376 g/mol. The van der Waals surface area contributed by atoms with E-state index in [2.05, 4.69) is 10.4 Å². The molecule has 7 nitrogen and oxygen atoms in total. The maximum Gasteiger partial charge on any atom is 0.291 e. The quantitative estimate of drug-likeness (QED) is 0.643. The van der Waals surface area contributed by atoms with Crippen LogP contribution in [0.1, 0.15) is 40.4 Å². The molecular formula is C21H20N4O3. The zero-order chi connectivity index (χ0) is 20.3. The molecule has 0 radical (unpaired) electrons. The van der Waals surface area contributed by atoms with Crippen LogP contribution >= 0.6 is 0 Å². The van der Waals surface area contributed by atoms with Crippen LogP contribution < -0.4 is 16.7 Å². The van der Waals surface area contributed by atoms with Gasteiger partial charge in [0.2, 0.25) is 0 Å². The predicted molar refractivity (Wildman–Crippen MR) is 107 cm³/mol. The Morgan fingerprint density at radius 2 is 1.71 bits per heavy atom. The summed E-state index contributed by atoms with van der Waals surface area (Å²) in [4.78, 5) is 41.7. The Bertz CT molecular complexity index is 1100. The van der Waals surface area contributed by atoms with Crippen LogP contribution in [0.3, 0.4) is 0 Å². The maximum absolute atomic E-state index is 13.0. The Labute approximate surface area is 161 Å². The molecule has 0 aliphatic rings. The van der Waals surface area contributed by atoms with Crippen molar-refractivity contribution in [1.29, 1.82) is 0 Å².